The largest absolute Gasteiger partial charge is 0.399 e. The van der Waals surface area contributed by atoms with Crippen molar-refractivity contribution in [3.8, 4) is 0 Å². The van der Waals surface area contributed by atoms with Crippen molar-refractivity contribution in [1.29, 1.82) is 0 Å². The van der Waals surface area contributed by atoms with E-state index in [0.29, 0.717) is 17.1 Å². The monoisotopic (exact) mass is 269 g/mol. The van der Waals surface area contributed by atoms with Crippen molar-refractivity contribution in [3.63, 3.8) is 0 Å². The van der Waals surface area contributed by atoms with Gasteiger partial charge in [-0.1, -0.05) is 26.8 Å². The molecule has 0 aliphatic rings. The highest BCUT2D eigenvalue weighted by Gasteiger charge is 2.14. The molecule has 102 valence electrons. The number of nitrogens with one attached hydrogen (secondary N) is 1. The molecular weight excluding hydrogens is 246 g/mol. The molecular formula is C13H23N3OS. The van der Waals surface area contributed by atoms with Crippen LogP contribution in [0, 0.1) is 0 Å². The highest BCUT2D eigenvalue weighted by Crippen LogP contribution is 2.17. The molecule has 0 bridgehead atoms. The molecule has 4 nitrogen and oxygen atoms in total. The smallest absolute Gasteiger partial charge is 0.137 e. The Bertz CT molecular complexity index is 489. The van der Waals surface area contributed by atoms with Crippen LogP contribution in [0.1, 0.15) is 33.6 Å². The summed E-state index contributed by atoms with van der Waals surface area (Å²) in [6.07, 6.45) is 1.78. The van der Waals surface area contributed by atoms with Gasteiger partial charge in [-0.25, -0.2) is 13.3 Å². The number of nitrogens with zero attached hydrogens (tertiary/aromatic N) is 1. The van der Waals surface area contributed by atoms with Crippen LogP contribution in [0.25, 0.3) is 0 Å². The van der Waals surface area contributed by atoms with E-state index in [0.717, 1.165) is 12.8 Å². The highest BCUT2D eigenvalue weighted by atomic mass is 32.2. The Balaban J connectivity index is 3.27. The first-order valence-corrected chi connectivity index (χ1v) is 7.93. The van der Waals surface area contributed by atoms with Crippen LogP contribution < -0.4 is 10.5 Å². The van der Waals surface area contributed by atoms with E-state index in [1.807, 2.05) is 19.1 Å². The van der Waals surface area contributed by atoms with Crippen LogP contribution in [0.15, 0.2) is 33.5 Å². The molecule has 1 aromatic carbocycles. The first kappa shape index (κ1) is 15.0. The Morgan fingerprint density at radius 3 is 2.50 bits per heavy atom. The van der Waals surface area contributed by atoms with Crippen LogP contribution in [-0.2, 0) is 9.92 Å². The molecule has 1 atom stereocenters. The lowest BCUT2D eigenvalue weighted by Crippen LogP contribution is -2.25. The first-order chi connectivity index (χ1) is 8.55. The van der Waals surface area contributed by atoms with Crippen molar-refractivity contribution in [3.05, 3.63) is 24.3 Å². The van der Waals surface area contributed by atoms with Gasteiger partial charge < -0.3 is 5.73 Å². The number of benzene rings is 1. The van der Waals surface area contributed by atoms with E-state index in [-0.39, 0.29) is 6.04 Å². The summed E-state index contributed by atoms with van der Waals surface area (Å²) in [5, 5.41) is 0. The Hall–Kier alpha value is -1.07. The zero-order valence-corrected chi connectivity index (χ0v) is 12.2. The molecule has 0 radical (unpaired) electrons. The van der Waals surface area contributed by atoms with E-state index in [4.69, 9.17) is 5.73 Å². The van der Waals surface area contributed by atoms with E-state index in [9.17, 15) is 4.21 Å². The fourth-order valence-corrected chi connectivity index (χ4v) is 3.74. The van der Waals surface area contributed by atoms with Gasteiger partial charge in [0.2, 0.25) is 0 Å². The zero-order valence-electron chi connectivity index (χ0n) is 11.3. The molecule has 0 saturated heterocycles. The summed E-state index contributed by atoms with van der Waals surface area (Å²) in [6.45, 7) is 6.65. The second-order valence-electron chi connectivity index (χ2n) is 4.17. The molecule has 0 heterocycles. The summed E-state index contributed by atoms with van der Waals surface area (Å²) in [6, 6.07) is 7.25. The zero-order chi connectivity index (χ0) is 13.6. The molecule has 18 heavy (non-hydrogen) atoms. The lowest BCUT2D eigenvalue weighted by molar-refractivity contribution is 0.616. The topological polar surface area (TPSA) is 67.5 Å². The maximum Gasteiger partial charge on any atom is 0.137 e. The summed E-state index contributed by atoms with van der Waals surface area (Å²) >= 11 is 0. The number of nitrogen functional groups attached to an aromatic ring is 1. The molecule has 1 unspecified atom stereocenters. The van der Waals surface area contributed by atoms with E-state index in [2.05, 4.69) is 22.9 Å². The van der Waals surface area contributed by atoms with E-state index < -0.39 is 9.92 Å². The van der Waals surface area contributed by atoms with Crippen molar-refractivity contribution in [2.45, 2.75) is 44.6 Å². The van der Waals surface area contributed by atoms with Crippen LogP contribution >= 0.6 is 0 Å². The van der Waals surface area contributed by atoms with Gasteiger partial charge in [0.05, 0.1) is 10.9 Å². The Morgan fingerprint density at radius 1 is 1.33 bits per heavy atom. The maximum absolute atomic E-state index is 12.9. The minimum atomic E-state index is -2.57. The normalized spacial score (nSPS) is 14.4. The highest BCUT2D eigenvalue weighted by molar-refractivity contribution is 7.91. The minimum absolute atomic E-state index is 0.109. The Labute approximate surface area is 110 Å². The summed E-state index contributed by atoms with van der Waals surface area (Å²) in [4.78, 5) is 0.663. The summed E-state index contributed by atoms with van der Waals surface area (Å²) in [5.74, 6) is 0. The van der Waals surface area contributed by atoms with Gasteiger partial charge in [0.1, 0.15) is 9.92 Å². The number of hydrogen-bond donors (Lipinski definition) is 2. The van der Waals surface area contributed by atoms with Crippen LogP contribution in [0.3, 0.4) is 0 Å². The van der Waals surface area contributed by atoms with Crippen molar-refractivity contribution in [2.75, 3.05) is 12.3 Å². The molecule has 1 rings (SSSR count). The average Bonchev–Trinajstić information content (AvgIpc) is 2.36. The van der Waals surface area contributed by atoms with Gasteiger partial charge in [0, 0.05) is 12.2 Å². The molecule has 0 aliphatic carbocycles. The molecule has 5 heteroatoms. The third kappa shape index (κ3) is 3.71. The molecule has 0 aromatic heterocycles. The molecule has 0 amide bonds. The fourth-order valence-electron chi connectivity index (χ4n) is 1.71. The molecule has 0 fully saturated rings. The summed E-state index contributed by atoms with van der Waals surface area (Å²) in [7, 11) is -2.57. The number of hydrogen-bond acceptors (Lipinski definition) is 3. The quantitative estimate of drug-likeness (QED) is 0.780. The van der Waals surface area contributed by atoms with Crippen molar-refractivity contribution >= 4 is 15.6 Å². The van der Waals surface area contributed by atoms with Gasteiger partial charge in [-0.15, -0.1) is 0 Å². The molecule has 1 aromatic rings. The van der Waals surface area contributed by atoms with Crippen molar-refractivity contribution < 1.29 is 4.21 Å². The van der Waals surface area contributed by atoms with Gasteiger partial charge in [-0.05, 0) is 31.0 Å². The first-order valence-electron chi connectivity index (χ1n) is 6.42. The SMILES string of the molecule is CCNS(=O)(=NC(CC)CC)c1cccc(N)c1. The Morgan fingerprint density at radius 2 is 2.00 bits per heavy atom. The van der Waals surface area contributed by atoms with E-state index in [1.165, 1.54) is 0 Å². The van der Waals surface area contributed by atoms with E-state index >= 15 is 0 Å². The second-order valence-corrected chi connectivity index (χ2v) is 6.19. The van der Waals surface area contributed by atoms with Gasteiger partial charge in [0.25, 0.3) is 0 Å². The predicted octanol–water partition coefficient (Wildman–Crippen LogP) is 2.81. The van der Waals surface area contributed by atoms with Gasteiger partial charge in [-0.2, -0.15) is 0 Å². The predicted molar refractivity (Wildman–Crippen MR) is 77.7 cm³/mol. The van der Waals surface area contributed by atoms with Gasteiger partial charge >= 0.3 is 0 Å². The maximum atomic E-state index is 12.9. The lowest BCUT2D eigenvalue weighted by atomic mass is 10.2. The lowest BCUT2D eigenvalue weighted by Gasteiger charge is -2.15. The third-order valence-corrected chi connectivity index (χ3v) is 4.93. The van der Waals surface area contributed by atoms with Gasteiger partial charge in [-0.3, -0.25) is 0 Å². The van der Waals surface area contributed by atoms with Crippen LogP contribution in [-0.4, -0.2) is 16.8 Å². The summed E-state index contributed by atoms with van der Waals surface area (Å²) in [5.41, 5.74) is 6.36. The number of nitrogens with two attached hydrogens (primary N) is 1. The average molecular weight is 269 g/mol. The van der Waals surface area contributed by atoms with Crippen molar-refractivity contribution in [2.24, 2.45) is 4.36 Å². The van der Waals surface area contributed by atoms with Crippen LogP contribution in [0.4, 0.5) is 5.69 Å². The number of rotatable bonds is 6. The van der Waals surface area contributed by atoms with Gasteiger partial charge in [0.15, 0.2) is 0 Å². The standard InChI is InChI=1S/C13H23N3OS/c1-4-12(5-2)16-18(17,15-6-3)13-9-7-8-11(14)10-13/h7-10,12H,4-6,14H2,1-3H3,(H,15,16,17). The minimum Gasteiger partial charge on any atom is -0.399 e. The third-order valence-electron chi connectivity index (χ3n) is 2.76. The van der Waals surface area contributed by atoms with Crippen LogP contribution in [0.5, 0.6) is 0 Å². The molecule has 0 aliphatic heterocycles. The second kappa shape index (κ2) is 6.75. The van der Waals surface area contributed by atoms with Crippen molar-refractivity contribution in [1.82, 2.24) is 4.72 Å². The Kier molecular flexibility index (Phi) is 5.62. The molecule has 0 spiro atoms. The molecule has 3 N–H and O–H groups in total. The van der Waals surface area contributed by atoms with E-state index in [1.54, 1.807) is 12.1 Å². The number of anilines is 1. The summed E-state index contributed by atoms with van der Waals surface area (Å²) < 4.78 is 20.4. The molecule has 0 saturated carbocycles. The van der Waals surface area contributed by atoms with Crippen LogP contribution in [0.2, 0.25) is 0 Å². The fraction of sp³-hybridized carbons (Fsp3) is 0.538.